The van der Waals surface area contributed by atoms with Crippen LogP contribution in [0.3, 0.4) is 0 Å². The summed E-state index contributed by atoms with van der Waals surface area (Å²) >= 11 is 6.27. The molecule has 1 aliphatic heterocycles. The van der Waals surface area contributed by atoms with E-state index in [1.165, 1.54) is 5.56 Å². The molecule has 1 unspecified atom stereocenters. The van der Waals surface area contributed by atoms with Crippen LogP contribution in [-0.2, 0) is 6.42 Å². The summed E-state index contributed by atoms with van der Waals surface area (Å²) in [5.41, 5.74) is 4.71. The van der Waals surface area contributed by atoms with E-state index in [9.17, 15) is 5.26 Å². The van der Waals surface area contributed by atoms with E-state index in [-0.39, 0.29) is 6.04 Å². The minimum absolute atomic E-state index is 0.162. The summed E-state index contributed by atoms with van der Waals surface area (Å²) in [6.45, 7) is 2.44. The monoisotopic (exact) mass is 418 g/mol. The normalized spacial score (nSPS) is 15.8. The predicted octanol–water partition coefficient (Wildman–Crippen LogP) is 5.15. The van der Waals surface area contributed by atoms with Gasteiger partial charge in [-0.2, -0.15) is 5.26 Å². The first-order valence-corrected chi connectivity index (χ1v) is 10.0. The molecule has 0 spiro atoms. The van der Waals surface area contributed by atoms with Crippen LogP contribution in [0, 0.1) is 18.3 Å². The standard InChI is InChI=1S/C23H19ClN4O2/c1-13-26-20(12-25)23(30-13)28-10-9-17-18-11-15(24)5-8-19(18)27-21(17)22(28)14-3-6-16(29-2)7-4-14/h3-8,11,22,27H,9-10H2,1-2H3. The van der Waals surface area contributed by atoms with Gasteiger partial charge >= 0.3 is 0 Å². The van der Waals surface area contributed by atoms with E-state index in [0.717, 1.165) is 34.3 Å². The van der Waals surface area contributed by atoms with Crippen molar-refractivity contribution in [3.05, 3.63) is 75.9 Å². The van der Waals surface area contributed by atoms with Gasteiger partial charge in [-0.3, -0.25) is 0 Å². The molecule has 150 valence electrons. The number of benzene rings is 2. The van der Waals surface area contributed by atoms with Crippen LogP contribution in [0.1, 0.15) is 34.4 Å². The number of aryl methyl sites for hydroxylation is 1. The molecule has 0 bridgehead atoms. The highest BCUT2D eigenvalue weighted by molar-refractivity contribution is 6.31. The molecule has 0 radical (unpaired) electrons. The molecule has 1 aliphatic rings. The Kier molecular flexibility index (Phi) is 4.41. The van der Waals surface area contributed by atoms with Gasteiger partial charge in [-0.05, 0) is 47.9 Å². The lowest BCUT2D eigenvalue weighted by atomic mass is 9.92. The summed E-state index contributed by atoms with van der Waals surface area (Å²) in [6.07, 6.45) is 0.799. The zero-order valence-corrected chi connectivity index (χ0v) is 17.3. The number of ether oxygens (including phenoxy) is 1. The third kappa shape index (κ3) is 2.90. The molecule has 7 heteroatoms. The number of hydrogen-bond donors (Lipinski definition) is 1. The Hall–Kier alpha value is -3.43. The van der Waals surface area contributed by atoms with Crippen molar-refractivity contribution in [3.8, 4) is 11.8 Å². The smallest absolute Gasteiger partial charge is 0.235 e. The quantitative estimate of drug-likeness (QED) is 0.497. The molecule has 0 fully saturated rings. The molecule has 30 heavy (non-hydrogen) atoms. The molecule has 0 amide bonds. The number of nitriles is 1. The largest absolute Gasteiger partial charge is 0.497 e. The van der Waals surface area contributed by atoms with Crippen LogP contribution in [0.25, 0.3) is 10.9 Å². The molecule has 4 aromatic rings. The summed E-state index contributed by atoms with van der Waals surface area (Å²) < 4.78 is 11.2. The fourth-order valence-electron chi connectivity index (χ4n) is 4.30. The van der Waals surface area contributed by atoms with E-state index in [2.05, 4.69) is 20.9 Å². The first-order chi connectivity index (χ1) is 14.6. The van der Waals surface area contributed by atoms with Gasteiger partial charge in [-0.15, -0.1) is 0 Å². The van der Waals surface area contributed by atoms with Crippen molar-refractivity contribution in [2.45, 2.75) is 19.4 Å². The zero-order chi connectivity index (χ0) is 20.8. The Morgan fingerprint density at radius 2 is 2.07 bits per heavy atom. The number of methoxy groups -OCH3 is 1. The van der Waals surface area contributed by atoms with Crippen molar-refractivity contribution in [1.29, 1.82) is 5.26 Å². The SMILES string of the molecule is COc1ccc(C2c3[nH]c4ccc(Cl)cc4c3CCN2c2oc(C)nc2C#N)cc1. The van der Waals surface area contributed by atoms with Crippen molar-refractivity contribution in [2.24, 2.45) is 0 Å². The number of fused-ring (bicyclic) bond motifs is 3. The second-order valence-electron chi connectivity index (χ2n) is 7.32. The lowest BCUT2D eigenvalue weighted by Gasteiger charge is -2.36. The first-order valence-electron chi connectivity index (χ1n) is 9.67. The number of oxazole rings is 1. The minimum Gasteiger partial charge on any atom is -0.497 e. The molecule has 2 aromatic heterocycles. The highest BCUT2D eigenvalue weighted by Crippen LogP contribution is 2.42. The number of nitrogens with zero attached hydrogens (tertiary/aromatic N) is 3. The lowest BCUT2D eigenvalue weighted by Crippen LogP contribution is -2.36. The van der Waals surface area contributed by atoms with Crippen molar-refractivity contribution >= 4 is 28.4 Å². The van der Waals surface area contributed by atoms with Gasteiger partial charge in [0.05, 0.1) is 13.2 Å². The molecule has 3 heterocycles. The van der Waals surface area contributed by atoms with Crippen molar-refractivity contribution < 1.29 is 9.15 Å². The highest BCUT2D eigenvalue weighted by atomic mass is 35.5. The average molecular weight is 419 g/mol. The van der Waals surface area contributed by atoms with Gasteiger partial charge in [-0.1, -0.05) is 23.7 Å². The van der Waals surface area contributed by atoms with Gasteiger partial charge in [-0.25, -0.2) is 4.98 Å². The number of hydrogen-bond acceptors (Lipinski definition) is 5. The zero-order valence-electron chi connectivity index (χ0n) is 16.6. The lowest BCUT2D eigenvalue weighted by molar-refractivity contribution is 0.414. The topological polar surface area (TPSA) is 78.1 Å². The fraction of sp³-hybridized carbons (Fsp3) is 0.217. The van der Waals surface area contributed by atoms with Gasteiger partial charge in [0, 0.05) is 35.1 Å². The number of H-pyrrole nitrogens is 1. The Morgan fingerprint density at radius 1 is 1.27 bits per heavy atom. The van der Waals surface area contributed by atoms with E-state index in [1.807, 2.05) is 42.5 Å². The van der Waals surface area contributed by atoms with Crippen molar-refractivity contribution in [1.82, 2.24) is 9.97 Å². The molecule has 0 saturated heterocycles. The van der Waals surface area contributed by atoms with E-state index in [0.29, 0.717) is 29.0 Å². The average Bonchev–Trinajstić information content (AvgIpc) is 3.32. The Bertz CT molecular complexity index is 1280. The van der Waals surface area contributed by atoms with Crippen molar-refractivity contribution in [2.75, 3.05) is 18.6 Å². The molecular weight excluding hydrogens is 400 g/mol. The predicted molar refractivity (Wildman–Crippen MR) is 115 cm³/mol. The van der Waals surface area contributed by atoms with Gasteiger partial charge in [0.1, 0.15) is 11.8 Å². The van der Waals surface area contributed by atoms with Crippen LogP contribution >= 0.6 is 11.6 Å². The molecule has 5 rings (SSSR count). The second-order valence-corrected chi connectivity index (χ2v) is 7.76. The maximum absolute atomic E-state index is 9.59. The third-order valence-electron chi connectivity index (χ3n) is 5.60. The number of aromatic nitrogens is 2. The summed E-state index contributed by atoms with van der Waals surface area (Å²) in [7, 11) is 1.65. The second kappa shape index (κ2) is 7.12. The van der Waals surface area contributed by atoms with Crippen molar-refractivity contribution in [3.63, 3.8) is 0 Å². The Balaban J connectivity index is 1.72. The number of aromatic amines is 1. The van der Waals surface area contributed by atoms with E-state index < -0.39 is 0 Å². The van der Waals surface area contributed by atoms with Gasteiger partial charge in [0.25, 0.3) is 0 Å². The molecule has 1 N–H and O–H groups in total. The number of rotatable bonds is 3. The number of anilines is 1. The number of nitrogens with one attached hydrogen (secondary N) is 1. The van der Waals surface area contributed by atoms with Gasteiger partial charge in [0.2, 0.25) is 11.6 Å². The molecule has 0 saturated carbocycles. The van der Waals surface area contributed by atoms with Crippen LogP contribution in [-0.4, -0.2) is 23.6 Å². The van der Waals surface area contributed by atoms with E-state index >= 15 is 0 Å². The van der Waals surface area contributed by atoms with Crippen LogP contribution in [0.15, 0.2) is 46.9 Å². The minimum atomic E-state index is -0.162. The summed E-state index contributed by atoms with van der Waals surface area (Å²) in [4.78, 5) is 9.95. The summed E-state index contributed by atoms with van der Waals surface area (Å²) in [6, 6.07) is 15.9. The molecule has 6 nitrogen and oxygen atoms in total. The van der Waals surface area contributed by atoms with Crippen LogP contribution < -0.4 is 9.64 Å². The third-order valence-corrected chi connectivity index (χ3v) is 5.84. The van der Waals surface area contributed by atoms with E-state index in [1.54, 1.807) is 14.0 Å². The Morgan fingerprint density at radius 3 is 2.80 bits per heavy atom. The Labute approximate surface area is 178 Å². The highest BCUT2D eigenvalue weighted by Gasteiger charge is 2.35. The van der Waals surface area contributed by atoms with Crippen LogP contribution in [0.4, 0.5) is 5.88 Å². The molecular formula is C23H19ClN4O2. The molecule has 1 atom stereocenters. The fourth-order valence-corrected chi connectivity index (χ4v) is 4.47. The van der Waals surface area contributed by atoms with Gasteiger partial charge < -0.3 is 19.0 Å². The molecule has 2 aromatic carbocycles. The van der Waals surface area contributed by atoms with Crippen LogP contribution in [0.2, 0.25) is 5.02 Å². The van der Waals surface area contributed by atoms with E-state index in [4.69, 9.17) is 20.8 Å². The summed E-state index contributed by atoms with van der Waals surface area (Å²) in [5, 5.41) is 11.4. The maximum Gasteiger partial charge on any atom is 0.235 e. The van der Waals surface area contributed by atoms with Gasteiger partial charge in [0.15, 0.2) is 5.89 Å². The van der Waals surface area contributed by atoms with Crippen LogP contribution in [0.5, 0.6) is 5.75 Å². The maximum atomic E-state index is 9.59. The first kappa shape index (κ1) is 18.6. The molecule has 0 aliphatic carbocycles. The summed E-state index contributed by atoms with van der Waals surface area (Å²) in [5.74, 6) is 1.76. The number of halogens is 1.